The van der Waals surface area contributed by atoms with Gasteiger partial charge in [-0.25, -0.2) is 13.8 Å². The van der Waals surface area contributed by atoms with E-state index in [-0.39, 0.29) is 30.1 Å². The number of Topliss-reactive ketones (excluding diaryl/α,β-unsaturated/α-hetero) is 1. The molecule has 3 aromatic rings. The minimum absolute atomic E-state index is 0.0224. The number of hydrogen-bond donors (Lipinski definition) is 0. The molecule has 0 spiro atoms. The molecule has 2 aliphatic rings. The molecule has 0 bridgehead atoms. The van der Waals surface area contributed by atoms with Crippen LogP contribution in [-0.2, 0) is 11.2 Å². The number of aromatic nitrogens is 2. The lowest BCUT2D eigenvalue weighted by atomic mass is 10.1. The van der Waals surface area contributed by atoms with E-state index in [9.17, 15) is 13.6 Å². The van der Waals surface area contributed by atoms with Crippen LogP contribution in [0.15, 0.2) is 65.9 Å². The summed E-state index contributed by atoms with van der Waals surface area (Å²) < 4.78 is 28.4. The highest BCUT2D eigenvalue weighted by Crippen LogP contribution is 2.24. The Kier molecular flexibility index (Phi) is 8.61. The Hall–Kier alpha value is -3.65. The summed E-state index contributed by atoms with van der Waals surface area (Å²) in [5.41, 5.74) is 2.64. The highest BCUT2D eigenvalue weighted by Gasteiger charge is 2.22. The van der Waals surface area contributed by atoms with Gasteiger partial charge in [0.05, 0.1) is 12.1 Å². The lowest BCUT2D eigenvalue weighted by Gasteiger charge is -2.37. The van der Waals surface area contributed by atoms with E-state index < -0.39 is 0 Å². The van der Waals surface area contributed by atoms with Gasteiger partial charge >= 0.3 is 0 Å². The predicted octanol–water partition coefficient (Wildman–Crippen LogP) is 5.54. The van der Waals surface area contributed by atoms with Crippen LogP contribution in [0, 0.1) is 18.6 Å². The van der Waals surface area contributed by atoms with E-state index in [0.717, 1.165) is 5.56 Å². The summed E-state index contributed by atoms with van der Waals surface area (Å²) in [7, 11) is 2.09. The molecule has 1 atom stereocenters. The Bertz CT molecular complexity index is 1280. The lowest BCUT2D eigenvalue weighted by Crippen LogP contribution is -2.46. The third-order valence-electron chi connectivity index (χ3n) is 6.45. The van der Waals surface area contributed by atoms with Crippen LogP contribution in [0.5, 0.6) is 0 Å². The first-order valence-electron chi connectivity index (χ1n) is 12.6. The number of likely N-dealkylation sites (tertiary alicyclic amines) is 1. The molecule has 1 unspecified atom stereocenters. The number of allylic oxidation sites excluding steroid dienone is 1. The second-order valence-corrected chi connectivity index (χ2v) is 9.48. The normalized spacial score (nSPS) is 17.4. The average Bonchev–Trinajstić information content (AvgIpc) is 3.30. The van der Waals surface area contributed by atoms with Gasteiger partial charge in [0.25, 0.3) is 0 Å². The molecule has 0 amide bonds. The molecule has 3 heterocycles. The zero-order valence-electron chi connectivity index (χ0n) is 21.6. The maximum Gasteiger partial charge on any atom is 0.177 e. The number of carbonyl (C=O) groups is 1. The van der Waals surface area contributed by atoms with Crippen molar-refractivity contribution < 1.29 is 13.6 Å². The highest BCUT2D eigenvalue weighted by molar-refractivity contribution is 5.78. The van der Waals surface area contributed by atoms with Crippen molar-refractivity contribution in [2.75, 3.05) is 20.1 Å². The monoisotopic (exact) mass is 505 g/mol. The molecule has 1 saturated heterocycles. The maximum absolute atomic E-state index is 13.5. The van der Waals surface area contributed by atoms with Crippen molar-refractivity contribution in [1.82, 2.24) is 19.4 Å². The van der Waals surface area contributed by atoms with Gasteiger partial charge in [-0.2, -0.15) is 0 Å². The van der Waals surface area contributed by atoms with E-state index in [1.807, 2.05) is 12.3 Å². The number of benzene rings is 2. The van der Waals surface area contributed by atoms with Gasteiger partial charge < -0.3 is 9.47 Å². The lowest BCUT2D eigenvalue weighted by molar-refractivity contribution is -0.116. The van der Waals surface area contributed by atoms with E-state index >= 15 is 0 Å². The molecule has 8 heteroatoms. The quantitative estimate of drug-likeness (QED) is 0.457. The Labute approximate surface area is 217 Å². The van der Waals surface area contributed by atoms with Gasteiger partial charge in [0.15, 0.2) is 6.29 Å². The summed E-state index contributed by atoms with van der Waals surface area (Å²) in [4.78, 5) is 25.1. The Morgan fingerprint density at radius 3 is 2.43 bits per heavy atom. The van der Waals surface area contributed by atoms with Gasteiger partial charge in [0.1, 0.15) is 23.2 Å². The number of carbonyl (C=O) groups excluding carboxylic acids is 1. The zero-order chi connectivity index (χ0) is 26.4. The molecule has 6 nitrogen and oxygen atoms in total. The number of rotatable bonds is 5. The maximum atomic E-state index is 13.5. The van der Waals surface area contributed by atoms with Crippen LogP contribution in [0.2, 0.25) is 0 Å². The van der Waals surface area contributed by atoms with Gasteiger partial charge in [-0.1, -0.05) is 6.42 Å². The molecule has 0 saturated carbocycles. The third-order valence-corrected chi connectivity index (χ3v) is 6.45. The highest BCUT2D eigenvalue weighted by atomic mass is 19.1. The van der Waals surface area contributed by atoms with Crippen LogP contribution in [0.3, 0.4) is 0 Å². The van der Waals surface area contributed by atoms with Crippen molar-refractivity contribution in [3.05, 3.63) is 84.0 Å². The van der Waals surface area contributed by atoms with Crippen LogP contribution < -0.4 is 0 Å². The second kappa shape index (κ2) is 12.1. The molecule has 1 fully saturated rings. The van der Waals surface area contributed by atoms with Crippen molar-refractivity contribution in [3.8, 4) is 16.9 Å². The molecule has 194 valence electrons. The average molecular weight is 506 g/mol. The van der Waals surface area contributed by atoms with E-state index in [2.05, 4.69) is 33.0 Å². The molecule has 5 rings (SSSR count). The first-order chi connectivity index (χ1) is 17.8. The SMILES string of the molecule is CC(=O)Cc1nc(-c2ccc(F)c(C)c2)cn1-c1ccc(F)cc1.CN1C=CC=NC1N1CCCCC1. The van der Waals surface area contributed by atoms with Crippen LogP contribution in [0.4, 0.5) is 8.78 Å². The minimum atomic E-state index is -0.332. The van der Waals surface area contributed by atoms with Crippen molar-refractivity contribution in [3.63, 3.8) is 0 Å². The molecule has 2 aliphatic heterocycles. The second-order valence-electron chi connectivity index (χ2n) is 9.48. The van der Waals surface area contributed by atoms with E-state index in [4.69, 9.17) is 0 Å². The van der Waals surface area contributed by atoms with Gasteiger partial charge in [-0.05, 0) is 80.8 Å². The number of hydrogen-bond acceptors (Lipinski definition) is 5. The summed E-state index contributed by atoms with van der Waals surface area (Å²) in [5.74, 6) is -0.0704. The van der Waals surface area contributed by atoms with Gasteiger partial charge in [0.2, 0.25) is 0 Å². The van der Waals surface area contributed by atoms with Gasteiger partial charge in [-0.3, -0.25) is 14.7 Å². The summed E-state index contributed by atoms with van der Waals surface area (Å²) in [6, 6.07) is 10.7. The molecular weight excluding hydrogens is 472 g/mol. The topological polar surface area (TPSA) is 53.7 Å². The van der Waals surface area contributed by atoms with Gasteiger partial charge in [-0.15, -0.1) is 0 Å². The molecule has 2 aromatic carbocycles. The van der Waals surface area contributed by atoms with Gasteiger partial charge in [0, 0.05) is 50.0 Å². The number of ketones is 1. The fraction of sp³-hybridized carbons (Fsp3) is 0.345. The molecule has 1 aromatic heterocycles. The van der Waals surface area contributed by atoms with Crippen molar-refractivity contribution in [2.24, 2.45) is 4.99 Å². The smallest absolute Gasteiger partial charge is 0.177 e. The van der Waals surface area contributed by atoms with Crippen molar-refractivity contribution in [2.45, 2.75) is 45.8 Å². The Morgan fingerprint density at radius 1 is 1.05 bits per heavy atom. The van der Waals surface area contributed by atoms with Crippen LogP contribution in [-0.4, -0.2) is 57.8 Å². The summed E-state index contributed by atoms with van der Waals surface area (Å²) >= 11 is 0. The van der Waals surface area contributed by atoms with E-state index in [0.29, 0.717) is 22.8 Å². The van der Waals surface area contributed by atoms with Crippen molar-refractivity contribution >= 4 is 12.0 Å². The number of piperidine rings is 1. The fourth-order valence-electron chi connectivity index (χ4n) is 4.52. The van der Waals surface area contributed by atoms with Crippen LogP contribution >= 0.6 is 0 Å². The zero-order valence-corrected chi connectivity index (χ0v) is 21.6. The predicted molar refractivity (Wildman–Crippen MR) is 143 cm³/mol. The minimum Gasteiger partial charge on any atom is -0.347 e. The largest absolute Gasteiger partial charge is 0.347 e. The fourth-order valence-corrected chi connectivity index (χ4v) is 4.52. The third kappa shape index (κ3) is 6.77. The number of nitrogens with zero attached hydrogens (tertiary/aromatic N) is 5. The molecule has 0 aliphatic carbocycles. The number of halogens is 2. The number of aliphatic imine (C=N–C) groups is 1. The molecular formula is C29H33F2N5O. The van der Waals surface area contributed by atoms with Crippen LogP contribution in [0.25, 0.3) is 16.9 Å². The van der Waals surface area contributed by atoms with E-state index in [1.165, 1.54) is 57.5 Å². The van der Waals surface area contributed by atoms with Crippen LogP contribution in [0.1, 0.15) is 37.6 Å². The summed E-state index contributed by atoms with van der Waals surface area (Å²) in [6.07, 6.45) is 12.2. The molecule has 0 N–H and O–H groups in total. The molecule has 0 radical (unpaired) electrons. The first kappa shape index (κ1) is 26.4. The summed E-state index contributed by atoms with van der Waals surface area (Å²) in [6.45, 7) is 5.57. The first-order valence-corrected chi connectivity index (χ1v) is 12.6. The number of imidazole rings is 1. The standard InChI is InChI=1S/C19H16F2N2O.C10H17N3/c1-12-9-14(3-8-17(12)21)18-11-23(19(22-18)10-13(2)24)16-6-4-15(20)5-7-16;1-12-7-5-6-11-10(12)13-8-3-2-4-9-13/h3-9,11H,10H2,1-2H3;5-7,10H,2-4,8-9H2,1H3. The Balaban J connectivity index is 0.000000207. The number of aryl methyl sites for hydroxylation is 1. The van der Waals surface area contributed by atoms with Crippen molar-refractivity contribution in [1.29, 1.82) is 0 Å². The summed E-state index contributed by atoms with van der Waals surface area (Å²) in [5, 5.41) is 0. The Morgan fingerprint density at radius 2 is 1.78 bits per heavy atom. The molecule has 37 heavy (non-hydrogen) atoms. The van der Waals surface area contributed by atoms with E-state index in [1.54, 1.807) is 42.0 Å².